The summed E-state index contributed by atoms with van der Waals surface area (Å²) in [5.41, 5.74) is 0.943. The fourth-order valence-corrected chi connectivity index (χ4v) is 4.75. The molecular weight excluding hydrogens is 364 g/mol. The van der Waals surface area contributed by atoms with Crippen LogP contribution >= 0.6 is 0 Å². The molecule has 2 aliphatic heterocycles. The van der Waals surface area contributed by atoms with Crippen molar-refractivity contribution >= 4 is 16.7 Å². The van der Waals surface area contributed by atoms with Crippen LogP contribution < -0.4 is 4.74 Å². The van der Waals surface area contributed by atoms with Gasteiger partial charge in [0.15, 0.2) is 0 Å². The van der Waals surface area contributed by atoms with Crippen LogP contribution in [0, 0.1) is 5.92 Å². The van der Waals surface area contributed by atoms with E-state index in [0.717, 1.165) is 73.9 Å². The largest absolute Gasteiger partial charge is 0.508 e. The Hall–Kier alpha value is -2.27. The lowest BCUT2D eigenvalue weighted by Crippen LogP contribution is -2.42. The summed E-state index contributed by atoms with van der Waals surface area (Å²) in [5, 5.41) is 12.6. The Morgan fingerprint density at radius 3 is 2.41 bits per heavy atom. The molecule has 2 aromatic carbocycles. The summed E-state index contributed by atoms with van der Waals surface area (Å²) in [6.07, 6.45) is 6.61. The smallest absolute Gasteiger partial charge is 0.225 e. The van der Waals surface area contributed by atoms with E-state index >= 15 is 0 Å². The predicted molar refractivity (Wildman–Crippen MR) is 115 cm³/mol. The predicted octanol–water partition coefficient (Wildman–Crippen LogP) is 4.17. The summed E-state index contributed by atoms with van der Waals surface area (Å²) in [6, 6.07) is 9.70. The maximum Gasteiger partial charge on any atom is 0.225 e. The highest BCUT2D eigenvalue weighted by molar-refractivity contribution is 5.89. The number of aromatic hydroxyl groups is 1. The third-order valence-electron chi connectivity index (χ3n) is 6.55. The normalized spacial score (nSPS) is 19.3. The average Bonchev–Trinajstić information content (AvgIpc) is 3.05. The van der Waals surface area contributed by atoms with E-state index in [1.54, 1.807) is 13.2 Å². The van der Waals surface area contributed by atoms with Crippen molar-refractivity contribution in [3.05, 3.63) is 35.9 Å². The summed E-state index contributed by atoms with van der Waals surface area (Å²) in [4.78, 5) is 17.4. The molecule has 0 atom stereocenters. The first-order valence-corrected chi connectivity index (χ1v) is 11.0. The zero-order chi connectivity index (χ0) is 20.2. The van der Waals surface area contributed by atoms with Crippen molar-refractivity contribution in [1.29, 1.82) is 0 Å². The Balaban J connectivity index is 1.42. The molecule has 1 amide bonds. The number of likely N-dealkylation sites (tertiary alicyclic amines) is 2. The number of hydrogen-bond acceptors (Lipinski definition) is 4. The SMILES string of the molecule is COc1ccc2ccc(O)c(CN3CCC(C(=O)N4CCCCCC4)CC3)c2c1. The van der Waals surface area contributed by atoms with Crippen LogP contribution in [0.1, 0.15) is 44.1 Å². The van der Waals surface area contributed by atoms with Crippen molar-refractivity contribution in [3.8, 4) is 11.5 Å². The highest BCUT2D eigenvalue weighted by Gasteiger charge is 2.29. The zero-order valence-corrected chi connectivity index (χ0v) is 17.4. The molecule has 0 saturated carbocycles. The number of hydrogen-bond donors (Lipinski definition) is 1. The van der Waals surface area contributed by atoms with Gasteiger partial charge in [-0.15, -0.1) is 0 Å². The average molecular weight is 397 g/mol. The lowest BCUT2D eigenvalue weighted by atomic mass is 9.94. The summed E-state index contributed by atoms with van der Waals surface area (Å²) in [7, 11) is 1.66. The van der Waals surface area contributed by atoms with E-state index in [4.69, 9.17) is 4.74 Å². The summed E-state index contributed by atoms with van der Waals surface area (Å²) in [5.74, 6) is 1.65. The quantitative estimate of drug-likeness (QED) is 0.843. The fourth-order valence-electron chi connectivity index (χ4n) is 4.75. The number of ether oxygens (including phenoxy) is 1. The molecule has 0 unspecified atom stereocenters. The summed E-state index contributed by atoms with van der Waals surface area (Å²) in [6.45, 7) is 4.35. The van der Waals surface area contributed by atoms with E-state index in [-0.39, 0.29) is 5.92 Å². The first kappa shape index (κ1) is 20.0. The molecule has 0 aliphatic carbocycles. The Bertz CT molecular complexity index is 851. The lowest BCUT2D eigenvalue weighted by molar-refractivity contribution is -0.137. The molecule has 2 saturated heterocycles. The molecule has 29 heavy (non-hydrogen) atoms. The third kappa shape index (κ3) is 4.50. The Labute approximate surface area is 173 Å². The first-order valence-electron chi connectivity index (χ1n) is 11.0. The van der Waals surface area contributed by atoms with Crippen LogP contribution in [0.2, 0.25) is 0 Å². The van der Waals surface area contributed by atoms with Gasteiger partial charge in [0.25, 0.3) is 0 Å². The number of rotatable bonds is 4. The molecule has 2 aliphatic rings. The number of benzene rings is 2. The van der Waals surface area contributed by atoms with Crippen molar-refractivity contribution in [1.82, 2.24) is 9.80 Å². The number of phenolic OH excluding ortho intramolecular Hbond substituents is 1. The molecule has 0 bridgehead atoms. The van der Waals surface area contributed by atoms with Crippen LogP contribution in [0.4, 0.5) is 0 Å². The van der Waals surface area contributed by atoms with Crippen molar-refractivity contribution in [2.45, 2.75) is 45.1 Å². The van der Waals surface area contributed by atoms with E-state index in [1.807, 2.05) is 24.3 Å². The molecule has 0 radical (unpaired) electrons. The molecule has 2 heterocycles. The van der Waals surface area contributed by atoms with Crippen LogP contribution in [0.5, 0.6) is 11.5 Å². The number of piperidine rings is 1. The van der Waals surface area contributed by atoms with Gasteiger partial charge in [-0.2, -0.15) is 0 Å². The minimum Gasteiger partial charge on any atom is -0.508 e. The second-order valence-corrected chi connectivity index (χ2v) is 8.44. The van der Waals surface area contributed by atoms with Crippen LogP contribution in [0.25, 0.3) is 10.8 Å². The molecule has 2 aromatic rings. The van der Waals surface area contributed by atoms with Gasteiger partial charge < -0.3 is 14.7 Å². The van der Waals surface area contributed by atoms with Gasteiger partial charge in [-0.3, -0.25) is 9.69 Å². The first-order chi connectivity index (χ1) is 14.2. The summed E-state index contributed by atoms with van der Waals surface area (Å²) >= 11 is 0. The third-order valence-corrected chi connectivity index (χ3v) is 6.55. The number of methoxy groups -OCH3 is 1. The number of fused-ring (bicyclic) bond motifs is 1. The summed E-state index contributed by atoms with van der Waals surface area (Å²) < 4.78 is 5.38. The van der Waals surface area contributed by atoms with Crippen molar-refractivity contribution < 1.29 is 14.6 Å². The molecule has 5 nitrogen and oxygen atoms in total. The highest BCUT2D eigenvalue weighted by atomic mass is 16.5. The van der Waals surface area contributed by atoms with Gasteiger partial charge in [-0.1, -0.05) is 25.0 Å². The fraction of sp³-hybridized carbons (Fsp3) is 0.542. The molecule has 2 fully saturated rings. The minimum atomic E-state index is 0.158. The second-order valence-electron chi connectivity index (χ2n) is 8.44. The Kier molecular flexibility index (Phi) is 6.24. The standard InChI is InChI=1S/C24H32N2O3/c1-29-20-8-6-18-7-9-23(27)22(21(18)16-20)17-25-14-10-19(11-15-25)24(28)26-12-4-2-3-5-13-26/h6-9,16,19,27H,2-5,10-15,17H2,1H3. The maximum absolute atomic E-state index is 12.9. The molecule has 4 rings (SSSR count). The minimum absolute atomic E-state index is 0.158. The highest BCUT2D eigenvalue weighted by Crippen LogP contribution is 2.32. The van der Waals surface area contributed by atoms with E-state index in [1.165, 1.54) is 12.8 Å². The molecule has 156 valence electrons. The molecule has 1 N–H and O–H groups in total. The van der Waals surface area contributed by atoms with Crippen molar-refractivity contribution in [3.63, 3.8) is 0 Å². The van der Waals surface area contributed by atoms with E-state index in [9.17, 15) is 9.90 Å². The number of amides is 1. The second kappa shape index (κ2) is 9.04. The number of nitrogens with zero attached hydrogens (tertiary/aromatic N) is 2. The number of phenols is 1. The van der Waals surface area contributed by atoms with Gasteiger partial charge in [-0.05, 0) is 67.7 Å². The van der Waals surface area contributed by atoms with Gasteiger partial charge in [0.2, 0.25) is 5.91 Å². The van der Waals surface area contributed by atoms with Gasteiger partial charge in [0.05, 0.1) is 7.11 Å². The van der Waals surface area contributed by atoms with E-state index in [0.29, 0.717) is 18.2 Å². The molecule has 0 spiro atoms. The van der Waals surface area contributed by atoms with Crippen molar-refractivity contribution in [2.75, 3.05) is 33.3 Å². The molecule has 0 aromatic heterocycles. The van der Waals surface area contributed by atoms with Gasteiger partial charge in [0, 0.05) is 31.1 Å². The van der Waals surface area contributed by atoms with Crippen LogP contribution in [0.15, 0.2) is 30.3 Å². The van der Waals surface area contributed by atoms with Gasteiger partial charge >= 0.3 is 0 Å². The van der Waals surface area contributed by atoms with E-state index in [2.05, 4.69) is 9.80 Å². The van der Waals surface area contributed by atoms with Gasteiger partial charge in [-0.25, -0.2) is 0 Å². The molecular formula is C24H32N2O3. The Morgan fingerprint density at radius 2 is 1.72 bits per heavy atom. The van der Waals surface area contributed by atoms with Crippen LogP contribution in [-0.4, -0.2) is 54.1 Å². The topological polar surface area (TPSA) is 53.0 Å². The maximum atomic E-state index is 12.9. The lowest BCUT2D eigenvalue weighted by Gasteiger charge is -2.34. The number of carbonyl (C=O) groups is 1. The zero-order valence-electron chi connectivity index (χ0n) is 17.4. The van der Waals surface area contributed by atoms with Gasteiger partial charge in [0.1, 0.15) is 11.5 Å². The monoisotopic (exact) mass is 396 g/mol. The Morgan fingerprint density at radius 1 is 1.03 bits per heavy atom. The van der Waals surface area contributed by atoms with Crippen molar-refractivity contribution in [2.24, 2.45) is 5.92 Å². The van der Waals surface area contributed by atoms with Crippen LogP contribution in [-0.2, 0) is 11.3 Å². The molecule has 5 heteroatoms. The number of carbonyl (C=O) groups excluding carboxylic acids is 1. The van der Waals surface area contributed by atoms with E-state index < -0.39 is 0 Å². The van der Waals surface area contributed by atoms with Crippen LogP contribution in [0.3, 0.4) is 0 Å².